The lowest BCUT2D eigenvalue weighted by Gasteiger charge is -2.53. The van der Waals surface area contributed by atoms with E-state index < -0.39 is 0 Å². The fourth-order valence-electron chi connectivity index (χ4n) is 8.32. The van der Waals surface area contributed by atoms with Crippen LogP contribution < -0.4 is 0 Å². The molecule has 6 aliphatic rings. The summed E-state index contributed by atoms with van der Waals surface area (Å²) >= 11 is 0. The molecule has 0 aliphatic carbocycles. The Hall–Kier alpha value is -2.06. The van der Waals surface area contributed by atoms with Crippen molar-refractivity contribution < 1.29 is 0 Å². The smallest absolute Gasteiger partial charge is 0.102 e. The van der Waals surface area contributed by atoms with Gasteiger partial charge in [-0.3, -0.25) is 4.90 Å². The zero-order valence-corrected chi connectivity index (χ0v) is 17.0. The number of rotatable bonds is 0. The van der Waals surface area contributed by atoms with Crippen molar-refractivity contribution in [1.29, 1.82) is 0 Å². The molecule has 146 valence electrons. The molecule has 0 amide bonds. The zero-order valence-electron chi connectivity index (χ0n) is 17.0. The van der Waals surface area contributed by atoms with Gasteiger partial charge in [0.2, 0.25) is 0 Å². The van der Waals surface area contributed by atoms with Gasteiger partial charge in [-0.05, 0) is 71.9 Å². The highest BCUT2D eigenvalue weighted by atomic mass is 15.5. The van der Waals surface area contributed by atoms with Crippen LogP contribution in [0.3, 0.4) is 0 Å². The molecule has 1 saturated heterocycles. The van der Waals surface area contributed by atoms with Gasteiger partial charge in [-0.1, -0.05) is 42.5 Å². The van der Waals surface area contributed by atoms with E-state index in [1.165, 1.54) is 51.4 Å². The topological polar surface area (TPSA) is 6.48 Å². The summed E-state index contributed by atoms with van der Waals surface area (Å²) < 4.78 is 0. The summed E-state index contributed by atoms with van der Waals surface area (Å²) in [6.45, 7) is 0. The number of allylic oxidation sites excluding steroid dienone is 1. The predicted molar refractivity (Wildman–Crippen MR) is 115 cm³/mol. The second-order valence-electron chi connectivity index (χ2n) is 10.5. The molecule has 8 rings (SSSR count). The van der Waals surface area contributed by atoms with E-state index in [0.717, 1.165) is 6.42 Å². The third-order valence-electron chi connectivity index (χ3n) is 9.25. The quantitative estimate of drug-likeness (QED) is 0.676. The minimum atomic E-state index is 0.161. The number of nitrogens with zero attached hydrogens (tertiary/aromatic N) is 2. The van der Waals surface area contributed by atoms with Gasteiger partial charge in [-0.2, -0.15) is 0 Å². The largest absolute Gasteiger partial charge is 0.352 e. The number of hydrogen-bond acceptors (Lipinski definition) is 2. The van der Waals surface area contributed by atoms with E-state index in [4.69, 9.17) is 0 Å². The average Bonchev–Trinajstić information content (AvgIpc) is 3.12. The van der Waals surface area contributed by atoms with Crippen LogP contribution in [0.5, 0.6) is 0 Å². The van der Waals surface area contributed by atoms with Crippen LogP contribution in [0, 0.1) is 0 Å². The fraction of sp³-hybridized carbons (Fsp3) is 0.481. The van der Waals surface area contributed by atoms with Crippen LogP contribution in [0.2, 0.25) is 0 Å². The zero-order chi connectivity index (χ0) is 18.7. The molecule has 4 atom stereocenters. The first-order chi connectivity index (χ1) is 14.3. The van der Waals surface area contributed by atoms with Gasteiger partial charge in [0.05, 0.1) is 0 Å². The van der Waals surface area contributed by atoms with Crippen LogP contribution >= 0.6 is 0 Å². The van der Waals surface area contributed by atoms with Gasteiger partial charge in [0.25, 0.3) is 0 Å². The van der Waals surface area contributed by atoms with Crippen molar-refractivity contribution in [2.45, 2.75) is 81.6 Å². The molecule has 0 saturated carbocycles. The Labute approximate surface area is 173 Å². The highest BCUT2D eigenvalue weighted by molar-refractivity contribution is 5.49. The van der Waals surface area contributed by atoms with Crippen LogP contribution in [0.4, 0.5) is 0 Å². The third kappa shape index (κ3) is 1.84. The number of hydrogen-bond donors (Lipinski definition) is 0. The standard InChI is InChI=1S/C27H28N2/c1-3-17-11-21-7-9-23-13-19-5-2-6-20-14-24-10-8-22-12-18(4-1)25(17)15-27(28(21)23,29(22)24)16-26(19)20/h1-7,22-24H,8-16H2/t22?,23?,24?,27-/m0/s1. The van der Waals surface area contributed by atoms with Crippen molar-refractivity contribution in [3.8, 4) is 0 Å². The van der Waals surface area contributed by atoms with Crippen molar-refractivity contribution in [2.75, 3.05) is 0 Å². The second-order valence-corrected chi connectivity index (χ2v) is 10.5. The average molecular weight is 381 g/mol. The van der Waals surface area contributed by atoms with Crippen molar-refractivity contribution in [1.82, 2.24) is 9.80 Å². The van der Waals surface area contributed by atoms with Gasteiger partial charge < -0.3 is 4.90 Å². The first-order valence-corrected chi connectivity index (χ1v) is 11.8. The third-order valence-corrected chi connectivity index (χ3v) is 9.25. The molecule has 2 nitrogen and oxygen atoms in total. The molecule has 2 aromatic rings. The van der Waals surface area contributed by atoms with E-state index in [9.17, 15) is 0 Å². The Morgan fingerprint density at radius 2 is 1.31 bits per heavy atom. The van der Waals surface area contributed by atoms with E-state index in [0.29, 0.717) is 18.1 Å². The molecule has 1 fully saturated rings. The molecule has 3 unspecified atom stereocenters. The summed E-state index contributed by atoms with van der Waals surface area (Å²) in [6, 6.07) is 16.6. The van der Waals surface area contributed by atoms with Crippen LogP contribution in [0.15, 0.2) is 48.2 Å². The second kappa shape index (κ2) is 5.16. The van der Waals surface area contributed by atoms with Gasteiger partial charge in [-0.15, -0.1) is 0 Å². The van der Waals surface area contributed by atoms with Gasteiger partial charge in [-0.25, -0.2) is 0 Å². The van der Waals surface area contributed by atoms with E-state index in [2.05, 4.69) is 52.3 Å². The lowest BCUT2D eigenvalue weighted by Crippen LogP contribution is -2.66. The molecule has 2 aromatic carbocycles. The maximum Gasteiger partial charge on any atom is 0.102 e. The summed E-state index contributed by atoms with van der Waals surface area (Å²) in [5.41, 5.74) is 11.8. The van der Waals surface area contributed by atoms with E-state index in [1.54, 1.807) is 39.1 Å². The molecular formula is C27H28N2. The normalized spacial score (nSPS) is 35.5. The molecule has 6 heterocycles. The highest BCUT2D eigenvalue weighted by Gasteiger charge is 2.58. The molecule has 2 heteroatoms. The van der Waals surface area contributed by atoms with E-state index in [1.807, 2.05) is 0 Å². The Morgan fingerprint density at radius 1 is 0.724 bits per heavy atom. The summed E-state index contributed by atoms with van der Waals surface area (Å²) in [4.78, 5) is 6.08. The first-order valence-electron chi connectivity index (χ1n) is 11.8. The SMILES string of the molecule is C1=C2Cc3cccc4c3C[C@@]35Cc6c(cccc6CC6CCC(C4)N63)CC(C1)N25. The van der Waals surface area contributed by atoms with Crippen LogP contribution in [0.25, 0.3) is 0 Å². The van der Waals surface area contributed by atoms with Gasteiger partial charge >= 0.3 is 0 Å². The first kappa shape index (κ1) is 15.7. The molecule has 0 N–H and O–H groups in total. The lowest BCUT2D eigenvalue weighted by atomic mass is 9.87. The van der Waals surface area contributed by atoms with Crippen molar-refractivity contribution in [3.05, 3.63) is 81.6 Å². The molecule has 0 aromatic heterocycles. The molecule has 3 bridgehead atoms. The lowest BCUT2D eigenvalue weighted by molar-refractivity contribution is -0.0742. The van der Waals surface area contributed by atoms with Gasteiger partial charge in [0, 0.05) is 43.1 Å². The van der Waals surface area contributed by atoms with Crippen LogP contribution in [-0.4, -0.2) is 33.6 Å². The summed E-state index contributed by atoms with van der Waals surface area (Å²) in [6.07, 6.45) is 14.0. The minimum absolute atomic E-state index is 0.161. The summed E-state index contributed by atoms with van der Waals surface area (Å²) in [5.74, 6) is 0. The predicted octanol–water partition coefficient (Wildman–Crippen LogP) is 4.18. The van der Waals surface area contributed by atoms with Gasteiger partial charge in [0.15, 0.2) is 0 Å². The molecule has 29 heavy (non-hydrogen) atoms. The molecule has 6 aliphatic heterocycles. The van der Waals surface area contributed by atoms with E-state index in [-0.39, 0.29) is 5.66 Å². The van der Waals surface area contributed by atoms with E-state index >= 15 is 0 Å². The maximum absolute atomic E-state index is 3.09. The van der Waals surface area contributed by atoms with Crippen LogP contribution in [-0.2, 0) is 38.5 Å². The number of benzene rings is 2. The minimum Gasteiger partial charge on any atom is -0.352 e. The Kier molecular flexibility index (Phi) is 2.80. The highest BCUT2D eigenvalue weighted by Crippen LogP contribution is 2.53. The summed E-state index contributed by atoms with van der Waals surface area (Å²) in [7, 11) is 0. The Bertz CT molecular complexity index is 1090. The molecular weight excluding hydrogens is 352 g/mol. The van der Waals surface area contributed by atoms with Crippen molar-refractivity contribution in [3.63, 3.8) is 0 Å². The summed E-state index contributed by atoms with van der Waals surface area (Å²) in [5, 5.41) is 0. The van der Waals surface area contributed by atoms with Crippen LogP contribution in [0.1, 0.15) is 52.6 Å². The maximum atomic E-state index is 3.09. The van der Waals surface area contributed by atoms with Crippen molar-refractivity contribution >= 4 is 0 Å². The Morgan fingerprint density at radius 3 is 2.00 bits per heavy atom. The molecule has 0 radical (unpaired) electrons. The van der Waals surface area contributed by atoms with Crippen molar-refractivity contribution in [2.24, 2.45) is 0 Å². The van der Waals surface area contributed by atoms with Gasteiger partial charge in [0.1, 0.15) is 5.66 Å². The molecule has 1 spiro atoms. The Balaban J connectivity index is 1.49. The fourth-order valence-corrected chi connectivity index (χ4v) is 8.32. The monoisotopic (exact) mass is 380 g/mol.